The van der Waals surface area contributed by atoms with E-state index in [-0.39, 0.29) is 24.1 Å². The number of methoxy groups -OCH3 is 1. The van der Waals surface area contributed by atoms with Crippen LogP contribution in [0.5, 0.6) is 0 Å². The van der Waals surface area contributed by atoms with Crippen LogP contribution in [0.3, 0.4) is 0 Å². The summed E-state index contributed by atoms with van der Waals surface area (Å²) in [5.41, 5.74) is 0. The van der Waals surface area contributed by atoms with Gasteiger partial charge in [-0.05, 0) is 30.2 Å². The lowest BCUT2D eigenvalue weighted by Crippen LogP contribution is -2.48. The highest BCUT2D eigenvalue weighted by atomic mass is 123. The minimum Gasteiger partial charge on any atom is -0.461 e. The summed E-state index contributed by atoms with van der Waals surface area (Å²) in [4.78, 5) is 13.3. The molecule has 0 aliphatic carbocycles. The quantitative estimate of drug-likeness (QED) is 0.574. The van der Waals surface area contributed by atoms with Crippen molar-refractivity contribution < 1.29 is 14.3 Å². The molecule has 1 rings (SSSR count). The summed E-state index contributed by atoms with van der Waals surface area (Å²) in [6.07, 6.45) is 2.94. The van der Waals surface area contributed by atoms with Crippen molar-refractivity contribution in [3.05, 3.63) is 10.2 Å². The van der Waals surface area contributed by atoms with Gasteiger partial charge in [-0.2, -0.15) is 0 Å². The molecule has 17 heavy (non-hydrogen) atoms. The predicted molar refractivity (Wildman–Crippen MR) is 75.1 cm³/mol. The summed E-state index contributed by atoms with van der Waals surface area (Å²) in [7, 11) is 3.74. The first kappa shape index (κ1) is 14.9. The fraction of sp³-hybridized carbons (Fsp3) is 0.750. The van der Waals surface area contributed by atoms with Crippen LogP contribution in [0.25, 0.3) is 0 Å². The van der Waals surface area contributed by atoms with Gasteiger partial charge in [0.2, 0.25) is 0 Å². The Kier molecular flexibility index (Phi) is 6.43. The van der Waals surface area contributed by atoms with E-state index in [0.29, 0.717) is 0 Å². The van der Waals surface area contributed by atoms with Crippen LogP contribution in [-0.2, 0) is 14.3 Å². The smallest absolute Gasteiger partial charge is 0.302 e. The lowest BCUT2D eigenvalue weighted by Gasteiger charge is -2.38. The van der Waals surface area contributed by atoms with Crippen LogP contribution in [0.4, 0.5) is 0 Å². The number of halogens is 1. The molecule has 3 unspecified atom stereocenters. The Morgan fingerprint density at radius 2 is 2.29 bits per heavy atom. The Hall–Kier alpha value is -0.140. The van der Waals surface area contributed by atoms with Gasteiger partial charge in [-0.25, -0.2) is 0 Å². The fourth-order valence-corrected chi connectivity index (χ4v) is 2.68. The molecule has 1 saturated heterocycles. The van der Waals surface area contributed by atoms with Gasteiger partial charge in [0, 0.05) is 26.5 Å². The van der Waals surface area contributed by atoms with Gasteiger partial charge >= 0.3 is 5.97 Å². The number of esters is 1. The second-order valence-corrected chi connectivity index (χ2v) is 5.10. The van der Waals surface area contributed by atoms with Crippen molar-refractivity contribution in [3.8, 4) is 0 Å². The van der Waals surface area contributed by atoms with Crippen molar-refractivity contribution in [2.45, 2.75) is 25.6 Å². The number of hydrogen-bond donors (Lipinski definition) is 0. The minimum absolute atomic E-state index is 0.0185. The molecule has 5 heteroatoms. The summed E-state index contributed by atoms with van der Waals surface area (Å²) in [5.74, 6) is 0.0229. The molecule has 3 atom stereocenters. The first-order valence-corrected chi connectivity index (χ1v) is 6.98. The highest BCUT2D eigenvalue weighted by Crippen LogP contribution is 2.26. The number of likely N-dealkylation sites (N-methyl/N-ethyl adjacent to an activating group) is 1. The van der Waals surface area contributed by atoms with E-state index in [2.05, 4.69) is 27.5 Å². The topological polar surface area (TPSA) is 38.8 Å². The number of carbonyl (C=O) groups excluding carboxylic acids is 1. The monoisotopic (exact) mass is 349 g/mol. The van der Waals surface area contributed by atoms with Crippen LogP contribution in [0.15, 0.2) is 10.2 Å². The number of carbonyl (C=O) groups is 1. The molecule has 0 aromatic rings. The van der Waals surface area contributed by atoms with Crippen molar-refractivity contribution in [2.75, 3.05) is 27.2 Å². The van der Waals surface area contributed by atoms with E-state index < -0.39 is 0 Å². The molecule has 1 fully saturated rings. The van der Waals surface area contributed by atoms with E-state index in [1.807, 2.05) is 17.2 Å². The molecule has 0 bridgehead atoms. The maximum Gasteiger partial charge on any atom is 0.302 e. The predicted octanol–water partition coefficient (Wildman–Crippen LogP) is 1.83. The maximum absolute atomic E-state index is 11.1. The largest absolute Gasteiger partial charge is 0.461 e. The van der Waals surface area contributed by atoms with Crippen molar-refractivity contribution >= 4 is 28.6 Å². The minimum atomic E-state index is -0.219. The summed E-state index contributed by atoms with van der Waals surface area (Å²) < 4.78 is 12.8. The third-order valence-electron chi connectivity index (χ3n) is 3.09. The summed E-state index contributed by atoms with van der Waals surface area (Å²) in [6, 6.07) is 0. The van der Waals surface area contributed by atoms with Gasteiger partial charge < -0.3 is 14.4 Å². The van der Waals surface area contributed by atoms with E-state index in [4.69, 9.17) is 9.47 Å². The van der Waals surface area contributed by atoms with E-state index in [1.54, 1.807) is 7.11 Å². The zero-order chi connectivity index (χ0) is 12.8. The normalized spacial score (nSPS) is 28.2. The summed E-state index contributed by atoms with van der Waals surface area (Å²) in [5, 5.41) is 0. The first-order valence-electron chi connectivity index (χ1n) is 5.74. The average molecular weight is 349 g/mol. The number of nitrogens with zero attached hydrogens (tertiary/aromatic N) is 1. The zero-order valence-electron chi connectivity index (χ0n) is 10.6. The molecular weight excluding hydrogens is 329 g/mol. The van der Waals surface area contributed by atoms with Gasteiger partial charge in [0.1, 0.15) is 6.10 Å². The third kappa shape index (κ3) is 4.56. The molecule has 0 aromatic carbocycles. The summed E-state index contributed by atoms with van der Waals surface area (Å²) >= 11 is 2.18. The molecule has 0 amide bonds. The fourth-order valence-electron chi connectivity index (χ4n) is 2.27. The van der Waals surface area contributed by atoms with Crippen LogP contribution < -0.4 is 0 Å². The molecule has 1 heterocycles. The Morgan fingerprint density at radius 3 is 2.82 bits per heavy atom. The Labute approximate surface area is 116 Å². The number of rotatable bonds is 4. The summed E-state index contributed by atoms with van der Waals surface area (Å²) in [6.45, 7) is 3.25. The lowest BCUT2D eigenvalue weighted by molar-refractivity contribution is -0.155. The zero-order valence-corrected chi connectivity index (χ0v) is 12.7. The van der Waals surface area contributed by atoms with E-state index in [1.165, 1.54) is 6.92 Å². The third-order valence-corrected chi connectivity index (χ3v) is 3.50. The van der Waals surface area contributed by atoms with Gasteiger partial charge in [0.25, 0.3) is 0 Å². The standard InChI is InChI=1S/C12H20INO3/c1-9(15)17-12-8-14(2)7-5-10(12)11(16-3)4-6-13/h4,6,10-12H,5,7-8H2,1-3H3/b6-4+/i13-4. The van der Waals surface area contributed by atoms with Crippen LogP contribution >= 0.6 is 22.6 Å². The molecule has 0 N–H and O–H groups in total. The molecular formula is C12H20INO3. The average Bonchev–Trinajstić information content (AvgIpc) is 2.26. The number of hydrogen-bond acceptors (Lipinski definition) is 4. The maximum atomic E-state index is 11.1. The lowest BCUT2D eigenvalue weighted by atomic mass is 9.88. The number of likely N-dealkylation sites (tertiary alicyclic amines) is 1. The molecule has 1 aliphatic rings. The van der Waals surface area contributed by atoms with Gasteiger partial charge in [-0.15, -0.1) is 0 Å². The molecule has 4 nitrogen and oxygen atoms in total. The van der Waals surface area contributed by atoms with Crippen LogP contribution in [0.2, 0.25) is 0 Å². The van der Waals surface area contributed by atoms with Crippen molar-refractivity contribution in [2.24, 2.45) is 5.92 Å². The Balaban J connectivity index is 2.74. The van der Waals surface area contributed by atoms with Crippen LogP contribution in [0.1, 0.15) is 13.3 Å². The Morgan fingerprint density at radius 1 is 1.59 bits per heavy atom. The molecule has 0 aromatic heterocycles. The van der Waals surface area contributed by atoms with Crippen LogP contribution in [-0.4, -0.2) is 50.3 Å². The molecule has 0 spiro atoms. The highest BCUT2D eigenvalue weighted by molar-refractivity contribution is 14.1. The molecule has 0 radical (unpaired) electrons. The van der Waals surface area contributed by atoms with E-state index in [9.17, 15) is 4.79 Å². The van der Waals surface area contributed by atoms with E-state index in [0.717, 1.165) is 19.5 Å². The SMILES string of the molecule is COC(/C=C/[123I])C1CCN(C)CC1OC(C)=O. The van der Waals surface area contributed by atoms with Crippen molar-refractivity contribution in [1.29, 1.82) is 0 Å². The van der Waals surface area contributed by atoms with Crippen molar-refractivity contribution in [3.63, 3.8) is 0 Å². The molecule has 98 valence electrons. The first-order chi connectivity index (χ1) is 8.08. The number of piperidine rings is 1. The Bertz CT molecular complexity index is 283. The van der Waals surface area contributed by atoms with Gasteiger partial charge in [0.05, 0.1) is 6.10 Å². The molecule has 0 saturated carbocycles. The second kappa shape index (κ2) is 7.33. The van der Waals surface area contributed by atoms with Gasteiger partial charge in [-0.3, -0.25) is 4.79 Å². The van der Waals surface area contributed by atoms with E-state index >= 15 is 0 Å². The van der Waals surface area contributed by atoms with Gasteiger partial charge in [-0.1, -0.05) is 22.6 Å². The number of ether oxygens (including phenoxy) is 2. The van der Waals surface area contributed by atoms with Crippen LogP contribution in [0, 0.1) is 5.92 Å². The van der Waals surface area contributed by atoms with Crippen molar-refractivity contribution in [1.82, 2.24) is 4.90 Å². The van der Waals surface area contributed by atoms with Gasteiger partial charge in [0.15, 0.2) is 0 Å². The highest BCUT2D eigenvalue weighted by Gasteiger charge is 2.34. The second-order valence-electron chi connectivity index (χ2n) is 4.38. The molecule has 1 aliphatic heterocycles.